The predicted molar refractivity (Wildman–Crippen MR) is 151 cm³/mol. The van der Waals surface area contributed by atoms with E-state index in [1.165, 1.54) is 5.56 Å². The smallest absolute Gasteiger partial charge is 0.255 e. The van der Waals surface area contributed by atoms with Crippen molar-refractivity contribution in [1.82, 2.24) is 19.0 Å². The van der Waals surface area contributed by atoms with Gasteiger partial charge in [0.1, 0.15) is 0 Å². The number of rotatable bonds is 9. The number of nitrogens with zero attached hydrogens (tertiary/aromatic N) is 4. The Bertz CT molecular complexity index is 1520. The number of hydrogen-bond donors (Lipinski definition) is 0. The molecule has 6 nitrogen and oxygen atoms in total. The van der Waals surface area contributed by atoms with Crippen LogP contribution in [-0.4, -0.2) is 52.2 Å². The van der Waals surface area contributed by atoms with Gasteiger partial charge < -0.3 is 18.8 Å². The summed E-state index contributed by atoms with van der Waals surface area (Å²) in [6.45, 7) is 2.34. The first-order chi connectivity index (χ1) is 18.0. The summed E-state index contributed by atoms with van der Waals surface area (Å²) < 4.78 is 10.5. The normalized spacial score (nSPS) is 11.2. The summed E-state index contributed by atoms with van der Waals surface area (Å²) in [5.74, 6) is -0.0258. The average molecular weight is 557 g/mol. The van der Waals surface area contributed by atoms with Gasteiger partial charge in [0.2, 0.25) is 0 Å². The van der Waals surface area contributed by atoms with Crippen LogP contribution in [0.2, 0.25) is 0 Å². The van der Waals surface area contributed by atoms with Crippen molar-refractivity contribution in [3.8, 4) is 11.1 Å². The zero-order chi connectivity index (χ0) is 25.8. The third-order valence-corrected chi connectivity index (χ3v) is 7.11. The van der Waals surface area contributed by atoms with Gasteiger partial charge in [0, 0.05) is 55.9 Å². The molecule has 0 unspecified atom stereocenters. The first kappa shape index (κ1) is 25.0. The van der Waals surface area contributed by atoms with Crippen LogP contribution in [0.1, 0.15) is 21.6 Å². The molecule has 7 heteroatoms. The highest BCUT2D eigenvalue weighted by Gasteiger charge is 2.21. The Morgan fingerprint density at radius 1 is 0.973 bits per heavy atom. The lowest BCUT2D eigenvalue weighted by atomic mass is 9.97. The molecule has 0 saturated heterocycles. The lowest BCUT2D eigenvalue weighted by molar-refractivity contribution is 0.0745. The van der Waals surface area contributed by atoms with Gasteiger partial charge in [0.15, 0.2) is 0 Å². The highest BCUT2D eigenvalue weighted by atomic mass is 79.9. The summed E-state index contributed by atoms with van der Waals surface area (Å²) in [4.78, 5) is 19.7. The van der Waals surface area contributed by atoms with Gasteiger partial charge in [-0.1, -0.05) is 70.5 Å². The van der Waals surface area contributed by atoms with E-state index in [0.717, 1.165) is 38.6 Å². The molecule has 5 aromatic rings. The number of hydrogen-bond acceptors (Lipinski definition) is 3. The molecule has 0 aliphatic carbocycles. The van der Waals surface area contributed by atoms with E-state index in [0.29, 0.717) is 25.3 Å². The summed E-state index contributed by atoms with van der Waals surface area (Å²) in [6, 6.07) is 22.8. The van der Waals surface area contributed by atoms with Gasteiger partial charge in [-0.15, -0.1) is 0 Å². The second-order valence-corrected chi connectivity index (χ2v) is 10.1. The molecule has 0 radical (unpaired) electrons. The van der Waals surface area contributed by atoms with Crippen LogP contribution in [0.15, 0.2) is 96.1 Å². The molecule has 2 heterocycles. The Morgan fingerprint density at radius 3 is 2.57 bits per heavy atom. The van der Waals surface area contributed by atoms with Gasteiger partial charge in [-0.05, 0) is 34.0 Å². The van der Waals surface area contributed by atoms with E-state index in [4.69, 9.17) is 4.74 Å². The SMILES string of the molecule is COCCN(C)C(=O)c1cn(Cc2cncn2Cc2ccc(Br)cc2)cc1-c1cccc2ccccc12. The van der Waals surface area contributed by atoms with Crippen LogP contribution < -0.4 is 0 Å². The third-order valence-electron chi connectivity index (χ3n) is 6.58. The van der Waals surface area contributed by atoms with Crippen LogP contribution in [0.25, 0.3) is 21.9 Å². The van der Waals surface area contributed by atoms with Gasteiger partial charge >= 0.3 is 0 Å². The molecule has 188 valence electrons. The van der Waals surface area contributed by atoms with Crippen molar-refractivity contribution in [2.75, 3.05) is 27.3 Å². The zero-order valence-electron chi connectivity index (χ0n) is 21.0. The minimum Gasteiger partial charge on any atom is -0.383 e. The first-order valence-corrected chi connectivity index (χ1v) is 13.0. The Labute approximate surface area is 225 Å². The quantitative estimate of drug-likeness (QED) is 0.221. The summed E-state index contributed by atoms with van der Waals surface area (Å²) in [5.41, 5.74) is 4.90. The number of ether oxygens (including phenoxy) is 1. The van der Waals surface area contributed by atoms with Crippen molar-refractivity contribution in [3.63, 3.8) is 0 Å². The van der Waals surface area contributed by atoms with Crippen molar-refractivity contribution in [2.24, 2.45) is 0 Å². The molecule has 0 saturated carbocycles. The topological polar surface area (TPSA) is 52.3 Å². The maximum absolute atomic E-state index is 13.6. The number of likely N-dealkylation sites (N-methyl/N-ethyl adjacent to an activating group) is 1. The maximum atomic E-state index is 13.6. The van der Waals surface area contributed by atoms with Crippen LogP contribution >= 0.6 is 15.9 Å². The van der Waals surface area contributed by atoms with E-state index in [1.54, 1.807) is 12.0 Å². The number of benzene rings is 3. The second kappa shape index (κ2) is 11.2. The lowest BCUT2D eigenvalue weighted by Gasteiger charge is -2.17. The highest BCUT2D eigenvalue weighted by Crippen LogP contribution is 2.32. The van der Waals surface area contributed by atoms with Crippen molar-refractivity contribution >= 4 is 32.6 Å². The maximum Gasteiger partial charge on any atom is 0.255 e. The van der Waals surface area contributed by atoms with Crippen LogP contribution in [0.3, 0.4) is 0 Å². The molecule has 0 aliphatic heterocycles. The van der Waals surface area contributed by atoms with E-state index in [1.807, 2.05) is 56.1 Å². The molecule has 3 aromatic carbocycles. The van der Waals surface area contributed by atoms with Gasteiger partial charge in [-0.3, -0.25) is 4.79 Å². The van der Waals surface area contributed by atoms with Crippen molar-refractivity contribution < 1.29 is 9.53 Å². The molecular formula is C30H29BrN4O2. The summed E-state index contributed by atoms with van der Waals surface area (Å²) in [5, 5.41) is 2.27. The molecule has 0 aliphatic rings. The largest absolute Gasteiger partial charge is 0.383 e. The first-order valence-electron chi connectivity index (χ1n) is 12.2. The number of aromatic nitrogens is 3. The number of fused-ring (bicyclic) bond motifs is 1. The number of carbonyl (C=O) groups excluding carboxylic acids is 1. The van der Waals surface area contributed by atoms with Gasteiger partial charge in [-0.2, -0.15) is 0 Å². The van der Waals surface area contributed by atoms with Crippen molar-refractivity contribution in [2.45, 2.75) is 13.1 Å². The number of carbonyl (C=O) groups is 1. The predicted octanol–water partition coefficient (Wildman–Crippen LogP) is 6.08. The van der Waals surface area contributed by atoms with E-state index < -0.39 is 0 Å². The third kappa shape index (κ3) is 5.53. The highest BCUT2D eigenvalue weighted by molar-refractivity contribution is 9.10. The standard InChI is InChI=1S/C30H29BrN4O2/c1-33(14-15-37-2)30(36)29-20-34(19-28(29)27-9-5-7-23-6-3-4-8-26(23)27)18-25-16-32-21-35(25)17-22-10-12-24(31)13-11-22/h3-13,16,19-21H,14-15,17-18H2,1-2H3. The van der Waals surface area contributed by atoms with E-state index in [2.05, 4.69) is 72.6 Å². The minimum atomic E-state index is -0.0258. The van der Waals surface area contributed by atoms with E-state index in [-0.39, 0.29) is 5.91 Å². The number of imidazole rings is 1. The Morgan fingerprint density at radius 2 is 1.76 bits per heavy atom. The summed E-state index contributed by atoms with van der Waals surface area (Å²) in [6.07, 6.45) is 7.79. The summed E-state index contributed by atoms with van der Waals surface area (Å²) in [7, 11) is 3.46. The molecule has 0 bridgehead atoms. The van der Waals surface area contributed by atoms with Crippen LogP contribution in [0.5, 0.6) is 0 Å². The molecule has 1 amide bonds. The minimum absolute atomic E-state index is 0.0258. The fourth-order valence-electron chi connectivity index (χ4n) is 4.58. The van der Waals surface area contributed by atoms with E-state index in [9.17, 15) is 4.79 Å². The Balaban J connectivity index is 1.51. The van der Waals surface area contributed by atoms with Crippen molar-refractivity contribution in [1.29, 1.82) is 0 Å². The second-order valence-electron chi connectivity index (χ2n) is 9.14. The molecule has 0 N–H and O–H groups in total. The zero-order valence-corrected chi connectivity index (χ0v) is 22.6. The van der Waals surface area contributed by atoms with Crippen LogP contribution in [-0.2, 0) is 17.8 Å². The van der Waals surface area contributed by atoms with Gasteiger partial charge in [-0.25, -0.2) is 4.98 Å². The fourth-order valence-corrected chi connectivity index (χ4v) is 4.84. The molecular weight excluding hydrogens is 528 g/mol. The van der Waals surface area contributed by atoms with Gasteiger partial charge in [0.05, 0.1) is 30.7 Å². The molecule has 0 fully saturated rings. The number of halogens is 1. The lowest BCUT2D eigenvalue weighted by Crippen LogP contribution is -2.30. The summed E-state index contributed by atoms with van der Waals surface area (Å²) >= 11 is 3.50. The Kier molecular flexibility index (Phi) is 7.53. The van der Waals surface area contributed by atoms with Crippen LogP contribution in [0, 0.1) is 0 Å². The number of methoxy groups -OCH3 is 1. The molecule has 5 rings (SSSR count). The van der Waals surface area contributed by atoms with Crippen LogP contribution in [0.4, 0.5) is 0 Å². The fraction of sp³-hybridized carbons (Fsp3) is 0.200. The molecule has 0 atom stereocenters. The molecule has 37 heavy (non-hydrogen) atoms. The average Bonchev–Trinajstić information content (AvgIpc) is 3.54. The Hall–Kier alpha value is -3.68. The van der Waals surface area contributed by atoms with E-state index >= 15 is 0 Å². The monoisotopic (exact) mass is 556 g/mol. The molecule has 0 spiro atoms. The number of amides is 1. The van der Waals surface area contributed by atoms with Crippen molar-refractivity contribution in [3.05, 3.63) is 113 Å². The molecule has 2 aromatic heterocycles. The van der Waals surface area contributed by atoms with Gasteiger partial charge in [0.25, 0.3) is 5.91 Å².